The van der Waals surface area contributed by atoms with Gasteiger partial charge < -0.3 is 11.1 Å². The Hall–Kier alpha value is -3.87. The second-order valence-electron chi connectivity index (χ2n) is 5.40. The number of halogens is 3. The van der Waals surface area contributed by atoms with Crippen LogP contribution in [0.3, 0.4) is 0 Å². The molecule has 136 valence electrons. The molecule has 2 aromatic carbocycles. The Bertz CT molecular complexity index is 1030. The van der Waals surface area contributed by atoms with Gasteiger partial charge in [0.25, 0.3) is 5.91 Å². The molecule has 1 aromatic heterocycles. The zero-order valence-electron chi connectivity index (χ0n) is 13.5. The third-order valence-corrected chi connectivity index (χ3v) is 3.53. The minimum Gasteiger partial charge on any atom is -0.368 e. The van der Waals surface area contributed by atoms with E-state index in [1.54, 1.807) is 24.3 Å². The predicted molar refractivity (Wildman–Crippen MR) is 90.0 cm³/mol. The number of aromatic nitrogens is 3. The number of nitrogens with two attached hydrogens (primary N) is 1. The van der Waals surface area contributed by atoms with E-state index in [-0.39, 0.29) is 17.5 Å². The summed E-state index contributed by atoms with van der Waals surface area (Å²) >= 11 is 0. The van der Waals surface area contributed by atoms with Gasteiger partial charge >= 0.3 is 6.18 Å². The summed E-state index contributed by atoms with van der Waals surface area (Å²) in [5, 5.41) is 15.5. The van der Waals surface area contributed by atoms with Crippen LogP contribution in [0.25, 0.3) is 0 Å². The van der Waals surface area contributed by atoms with E-state index in [1.807, 2.05) is 6.07 Å². The lowest BCUT2D eigenvalue weighted by molar-refractivity contribution is -0.137. The Morgan fingerprint density at radius 2 is 1.89 bits per heavy atom. The van der Waals surface area contributed by atoms with E-state index in [0.29, 0.717) is 15.9 Å². The maximum atomic E-state index is 12.8. The van der Waals surface area contributed by atoms with Crippen molar-refractivity contribution in [3.05, 3.63) is 65.2 Å². The minimum atomic E-state index is -4.58. The van der Waals surface area contributed by atoms with Gasteiger partial charge in [-0.15, -0.1) is 5.10 Å². The van der Waals surface area contributed by atoms with Crippen molar-refractivity contribution in [3.8, 4) is 6.07 Å². The molecule has 0 unspecified atom stereocenters. The van der Waals surface area contributed by atoms with Crippen molar-refractivity contribution in [2.45, 2.75) is 6.18 Å². The summed E-state index contributed by atoms with van der Waals surface area (Å²) in [5.74, 6) is -1.15. The average Bonchev–Trinajstić information content (AvgIpc) is 3.01. The minimum absolute atomic E-state index is 0.0162. The fourth-order valence-electron chi connectivity index (χ4n) is 2.23. The van der Waals surface area contributed by atoms with Gasteiger partial charge in [0, 0.05) is 11.3 Å². The summed E-state index contributed by atoms with van der Waals surface area (Å²) in [6.45, 7) is 0. The van der Waals surface area contributed by atoms with Crippen LogP contribution in [0.15, 0.2) is 48.5 Å². The molecule has 0 saturated carbocycles. The van der Waals surface area contributed by atoms with Crippen LogP contribution in [0.4, 0.5) is 30.8 Å². The Morgan fingerprint density at radius 1 is 1.19 bits per heavy atom. The van der Waals surface area contributed by atoms with Gasteiger partial charge in [-0.2, -0.15) is 28.1 Å². The summed E-state index contributed by atoms with van der Waals surface area (Å²) in [7, 11) is 0. The molecular formula is C17H11F3N6O. The number of anilines is 3. The van der Waals surface area contributed by atoms with E-state index < -0.39 is 17.6 Å². The largest absolute Gasteiger partial charge is 0.416 e. The molecule has 3 aromatic rings. The van der Waals surface area contributed by atoms with Crippen molar-refractivity contribution < 1.29 is 18.0 Å². The molecule has 0 fully saturated rings. The number of hydrogen-bond acceptors (Lipinski definition) is 6. The van der Waals surface area contributed by atoms with Crippen molar-refractivity contribution in [1.29, 1.82) is 5.26 Å². The number of nitriles is 1. The van der Waals surface area contributed by atoms with Crippen molar-refractivity contribution in [1.82, 2.24) is 14.8 Å². The monoisotopic (exact) mass is 372 g/mol. The molecule has 0 aliphatic heterocycles. The van der Waals surface area contributed by atoms with Crippen molar-refractivity contribution in [2.75, 3.05) is 11.1 Å². The standard InChI is InChI=1S/C17H11F3N6O/c18-17(19,20)12-3-1-2-11(8-12)14(27)26-15(22)24-16(25-26)23-13-6-4-10(9-21)5-7-13/h1-8H,(H3,22,23,24,25). The maximum absolute atomic E-state index is 12.8. The van der Waals surface area contributed by atoms with Gasteiger partial charge in [-0.25, -0.2) is 0 Å². The predicted octanol–water partition coefficient (Wildman–Crippen LogP) is 3.18. The Balaban J connectivity index is 1.85. The van der Waals surface area contributed by atoms with Gasteiger partial charge in [-0.1, -0.05) is 6.07 Å². The molecule has 3 rings (SSSR count). The molecule has 0 amide bonds. The van der Waals surface area contributed by atoms with Gasteiger partial charge in [0.1, 0.15) is 0 Å². The number of hydrogen-bond donors (Lipinski definition) is 2. The zero-order valence-corrected chi connectivity index (χ0v) is 13.5. The Morgan fingerprint density at radius 3 is 2.52 bits per heavy atom. The first-order valence-corrected chi connectivity index (χ1v) is 7.49. The SMILES string of the molecule is N#Cc1ccc(Nc2nc(N)n(C(=O)c3cccc(C(F)(F)F)c3)n2)cc1. The van der Waals surface area contributed by atoms with Gasteiger partial charge in [-0.05, 0) is 42.5 Å². The van der Waals surface area contributed by atoms with Gasteiger partial charge in [0.2, 0.25) is 11.9 Å². The lowest BCUT2D eigenvalue weighted by Gasteiger charge is -2.08. The smallest absolute Gasteiger partial charge is 0.368 e. The second-order valence-corrected chi connectivity index (χ2v) is 5.40. The number of nitrogens with one attached hydrogen (secondary N) is 1. The molecule has 0 aliphatic carbocycles. The van der Waals surface area contributed by atoms with Crippen molar-refractivity contribution in [3.63, 3.8) is 0 Å². The summed E-state index contributed by atoms with van der Waals surface area (Å²) < 4.78 is 39.1. The lowest BCUT2D eigenvalue weighted by atomic mass is 10.1. The molecule has 3 N–H and O–H groups in total. The van der Waals surface area contributed by atoms with Gasteiger partial charge in [0.15, 0.2) is 0 Å². The molecule has 0 radical (unpaired) electrons. The normalized spacial score (nSPS) is 11.0. The number of carbonyl (C=O) groups is 1. The molecule has 0 atom stereocenters. The second kappa shape index (κ2) is 6.80. The highest BCUT2D eigenvalue weighted by molar-refractivity contribution is 5.97. The molecule has 10 heteroatoms. The van der Waals surface area contributed by atoms with Crippen LogP contribution >= 0.6 is 0 Å². The molecule has 0 bridgehead atoms. The van der Waals surface area contributed by atoms with Crippen LogP contribution in [-0.2, 0) is 6.18 Å². The Labute approximate surface area is 150 Å². The molecule has 0 saturated heterocycles. The highest BCUT2D eigenvalue weighted by atomic mass is 19.4. The van der Waals surface area contributed by atoms with Crippen LogP contribution in [0.5, 0.6) is 0 Å². The third kappa shape index (κ3) is 3.87. The van der Waals surface area contributed by atoms with Gasteiger partial charge in [-0.3, -0.25) is 4.79 Å². The van der Waals surface area contributed by atoms with Crippen LogP contribution < -0.4 is 11.1 Å². The molecule has 27 heavy (non-hydrogen) atoms. The van der Waals surface area contributed by atoms with E-state index in [0.717, 1.165) is 18.2 Å². The van der Waals surface area contributed by atoms with E-state index >= 15 is 0 Å². The van der Waals surface area contributed by atoms with Crippen LogP contribution in [-0.4, -0.2) is 20.7 Å². The number of nitrogens with zero attached hydrogens (tertiary/aromatic N) is 4. The molecule has 0 spiro atoms. The van der Waals surface area contributed by atoms with Crippen LogP contribution in [0, 0.1) is 11.3 Å². The fraction of sp³-hybridized carbons (Fsp3) is 0.0588. The number of nitrogen functional groups attached to an aromatic ring is 1. The molecule has 1 heterocycles. The average molecular weight is 372 g/mol. The highest BCUT2D eigenvalue weighted by Crippen LogP contribution is 2.29. The molecule has 0 aliphatic rings. The summed E-state index contributed by atoms with van der Waals surface area (Å²) in [6, 6.07) is 12.2. The van der Waals surface area contributed by atoms with Gasteiger partial charge in [0.05, 0.1) is 17.2 Å². The highest BCUT2D eigenvalue weighted by Gasteiger charge is 2.31. The molecule has 7 nitrogen and oxygen atoms in total. The quantitative estimate of drug-likeness (QED) is 0.731. The first-order valence-electron chi connectivity index (χ1n) is 7.49. The number of carbonyl (C=O) groups excluding carboxylic acids is 1. The first kappa shape index (κ1) is 17.9. The number of benzene rings is 2. The summed E-state index contributed by atoms with van der Waals surface area (Å²) in [5.41, 5.74) is 5.48. The number of alkyl halides is 3. The van der Waals surface area contributed by atoms with Crippen molar-refractivity contribution in [2.24, 2.45) is 0 Å². The van der Waals surface area contributed by atoms with Crippen molar-refractivity contribution >= 4 is 23.5 Å². The van der Waals surface area contributed by atoms with E-state index in [9.17, 15) is 18.0 Å². The van der Waals surface area contributed by atoms with E-state index in [4.69, 9.17) is 11.0 Å². The topological polar surface area (TPSA) is 110 Å². The van der Waals surface area contributed by atoms with E-state index in [1.165, 1.54) is 6.07 Å². The first-order chi connectivity index (χ1) is 12.8. The Kier molecular flexibility index (Phi) is 4.51. The molecular weight excluding hydrogens is 361 g/mol. The summed E-state index contributed by atoms with van der Waals surface area (Å²) in [6.07, 6.45) is -4.58. The fourth-order valence-corrected chi connectivity index (χ4v) is 2.23. The maximum Gasteiger partial charge on any atom is 0.416 e. The summed E-state index contributed by atoms with van der Waals surface area (Å²) in [4.78, 5) is 16.3. The van der Waals surface area contributed by atoms with Crippen LogP contribution in [0.1, 0.15) is 21.5 Å². The number of rotatable bonds is 3. The lowest BCUT2D eigenvalue weighted by Crippen LogP contribution is -2.17. The van der Waals surface area contributed by atoms with Crippen LogP contribution in [0.2, 0.25) is 0 Å². The zero-order chi connectivity index (χ0) is 19.6. The van der Waals surface area contributed by atoms with E-state index in [2.05, 4.69) is 15.4 Å². The third-order valence-electron chi connectivity index (χ3n) is 3.53.